The number of rotatable bonds is 4. The second kappa shape index (κ2) is 11.5. The summed E-state index contributed by atoms with van der Waals surface area (Å²) < 4.78 is 2.67. The van der Waals surface area contributed by atoms with E-state index in [-0.39, 0.29) is 0 Å². The first kappa shape index (κ1) is 28.4. The Morgan fingerprint density at radius 3 is 1.57 bits per heavy atom. The number of nitrogens with zero attached hydrogens (tertiary/aromatic N) is 1. The molecular weight excluding hydrogens is 631 g/mol. The Kier molecular flexibility index (Phi) is 6.68. The number of thiophene rings is 1. The van der Waals surface area contributed by atoms with Crippen molar-refractivity contribution in [2.45, 2.75) is 9.79 Å². The second-order valence-corrected chi connectivity index (χ2v) is 14.6. The molecule has 0 saturated heterocycles. The Morgan fingerprint density at radius 1 is 0.347 bits per heavy atom. The highest BCUT2D eigenvalue weighted by Crippen LogP contribution is 2.55. The van der Waals surface area contributed by atoms with Gasteiger partial charge in [0.1, 0.15) is 0 Å². The lowest BCUT2D eigenvalue weighted by Crippen LogP contribution is -2.15. The second-order valence-electron chi connectivity index (χ2n) is 12.5. The van der Waals surface area contributed by atoms with E-state index >= 15 is 0 Å². The van der Waals surface area contributed by atoms with Crippen LogP contribution >= 0.6 is 23.1 Å². The van der Waals surface area contributed by atoms with Gasteiger partial charge in [0.05, 0.1) is 17.1 Å². The number of hydrogen-bond acceptors (Lipinski definition) is 3. The molecule has 3 heteroatoms. The van der Waals surface area contributed by atoms with Crippen LogP contribution in [0.3, 0.4) is 0 Å². The maximum atomic E-state index is 2.48. The van der Waals surface area contributed by atoms with Crippen LogP contribution < -0.4 is 4.90 Å². The molecule has 0 amide bonds. The van der Waals surface area contributed by atoms with Crippen molar-refractivity contribution < 1.29 is 0 Å². The zero-order chi connectivity index (χ0) is 32.3. The van der Waals surface area contributed by atoms with Crippen LogP contribution in [0.4, 0.5) is 17.1 Å². The van der Waals surface area contributed by atoms with Gasteiger partial charge in [-0.05, 0) is 69.6 Å². The van der Waals surface area contributed by atoms with E-state index in [0.29, 0.717) is 0 Å². The molecule has 9 aromatic rings. The van der Waals surface area contributed by atoms with Gasteiger partial charge in [-0.2, -0.15) is 0 Å². The van der Waals surface area contributed by atoms with Gasteiger partial charge in [0.25, 0.3) is 0 Å². The van der Waals surface area contributed by atoms with Crippen LogP contribution in [0.5, 0.6) is 0 Å². The Bertz CT molecular complexity index is 2600. The third kappa shape index (κ3) is 4.69. The van der Waals surface area contributed by atoms with Crippen molar-refractivity contribution >= 4 is 71.1 Å². The van der Waals surface area contributed by atoms with E-state index < -0.39 is 0 Å². The number of anilines is 3. The largest absolute Gasteiger partial charge is 0.308 e. The first-order valence-corrected chi connectivity index (χ1v) is 18.2. The van der Waals surface area contributed by atoms with Crippen molar-refractivity contribution in [2.75, 3.05) is 4.90 Å². The molecule has 0 spiro atoms. The van der Waals surface area contributed by atoms with Gasteiger partial charge in [-0.1, -0.05) is 151 Å². The summed E-state index contributed by atoms with van der Waals surface area (Å²) in [5.41, 5.74) is 11.1. The van der Waals surface area contributed by atoms with Gasteiger partial charge in [0.2, 0.25) is 0 Å². The lowest BCUT2D eigenvalue weighted by molar-refractivity contribution is 1.17. The van der Waals surface area contributed by atoms with Gasteiger partial charge in [0, 0.05) is 40.9 Å². The molecule has 0 atom stereocenters. The first-order chi connectivity index (χ1) is 24.3. The van der Waals surface area contributed by atoms with Crippen LogP contribution in [-0.4, -0.2) is 0 Å². The summed E-state index contributed by atoms with van der Waals surface area (Å²) in [6.07, 6.45) is 0. The van der Waals surface area contributed by atoms with Crippen molar-refractivity contribution in [3.05, 3.63) is 176 Å². The van der Waals surface area contributed by atoms with Gasteiger partial charge >= 0.3 is 0 Å². The predicted molar refractivity (Wildman–Crippen MR) is 212 cm³/mol. The molecule has 0 radical (unpaired) electrons. The molecule has 2 heterocycles. The van der Waals surface area contributed by atoms with E-state index in [9.17, 15) is 0 Å². The fourth-order valence-corrected chi connectivity index (χ4v) is 9.73. The van der Waals surface area contributed by atoms with Gasteiger partial charge in [0.15, 0.2) is 0 Å². The van der Waals surface area contributed by atoms with Crippen molar-refractivity contribution in [1.82, 2.24) is 0 Å². The maximum absolute atomic E-state index is 2.48. The van der Waals surface area contributed by atoms with Crippen LogP contribution in [0.1, 0.15) is 0 Å². The predicted octanol–water partition coefficient (Wildman–Crippen LogP) is 14.1. The monoisotopic (exact) mass is 659 g/mol. The fraction of sp³-hybridized carbons (Fsp3) is 0. The topological polar surface area (TPSA) is 3.24 Å². The van der Waals surface area contributed by atoms with E-state index in [1.165, 1.54) is 91.2 Å². The number of hydrogen-bond donors (Lipinski definition) is 0. The van der Waals surface area contributed by atoms with E-state index in [4.69, 9.17) is 0 Å². The molecule has 1 aromatic heterocycles. The minimum atomic E-state index is 1.19. The highest BCUT2D eigenvalue weighted by Gasteiger charge is 2.28. The van der Waals surface area contributed by atoms with Crippen LogP contribution in [0.2, 0.25) is 0 Å². The zero-order valence-electron chi connectivity index (χ0n) is 26.5. The van der Waals surface area contributed by atoms with Crippen molar-refractivity contribution in [2.24, 2.45) is 0 Å². The third-order valence-corrected chi connectivity index (χ3v) is 12.0. The van der Waals surface area contributed by atoms with Crippen LogP contribution in [-0.2, 0) is 0 Å². The molecule has 0 N–H and O–H groups in total. The smallest absolute Gasteiger partial charge is 0.0602 e. The average Bonchev–Trinajstić information content (AvgIpc) is 3.56. The molecule has 0 fully saturated rings. The third-order valence-electron chi connectivity index (χ3n) is 9.67. The summed E-state index contributed by atoms with van der Waals surface area (Å²) in [5.74, 6) is 0. The Morgan fingerprint density at radius 2 is 0.898 bits per heavy atom. The van der Waals surface area contributed by atoms with E-state index in [0.717, 1.165) is 0 Å². The summed E-state index contributed by atoms with van der Waals surface area (Å²) >= 11 is 3.76. The molecule has 1 aliphatic rings. The van der Waals surface area contributed by atoms with E-state index in [1.807, 2.05) is 23.1 Å². The molecule has 1 nitrogen and oxygen atoms in total. The molecule has 0 aliphatic carbocycles. The van der Waals surface area contributed by atoms with E-state index in [1.54, 1.807) is 0 Å². The van der Waals surface area contributed by atoms with Crippen LogP contribution in [0, 0.1) is 0 Å². The van der Waals surface area contributed by atoms with Crippen molar-refractivity contribution in [3.63, 3.8) is 0 Å². The minimum Gasteiger partial charge on any atom is -0.308 e. The lowest BCUT2D eigenvalue weighted by atomic mass is 9.95. The molecule has 230 valence electrons. The fourth-order valence-electron chi connectivity index (χ4n) is 7.36. The molecule has 0 unspecified atom stereocenters. The van der Waals surface area contributed by atoms with Gasteiger partial charge < -0.3 is 4.90 Å². The highest BCUT2D eigenvalue weighted by atomic mass is 32.2. The van der Waals surface area contributed by atoms with Gasteiger partial charge in [-0.25, -0.2) is 0 Å². The Balaban J connectivity index is 1.19. The Hall–Kier alpha value is -5.61. The molecule has 8 aromatic carbocycles. The maximum Gasteiger partial charge on any atom is 0.0602 e. The quantitative estimate of drug-likeness (QED) is 0.185. The molecule has 10 rings (SSSR count). The molecule has 49 heavy (non-hydrogen) atoms. The van der Waals surface area contributed by atoms with Crippen molar-refractivity contribution in [3.8, 4) is 33.4 Å². The van der Waals surface area contributed by atoms with Gasteiger partial charge in [-0.15, -0.1) is 11.3 Å². The summed E-state index contributed by atoms with van der Waals surface area (Å²) in [4.78, 5) is 4.99. The lowest BCUT2D eigenvalue weighted by Gasteiger charge is -2.34. The number of fused-ring (bicyclic) bond motifs is 6. The zero-order valence-corrected chi connectivity index (χ0v) is 28.1. The van der Waals surface area contributed by atoms with Crippen LogP contribution in [0.25, 0.3) is 64.3 Å². The molecular formula is C46H29NS2. The highest BCUT2D eigenvalue weighted by molar-refractivity contribution is 7.99. The standard InChI is InChI=1S/C46H29NS2/c1-3-12-30(13-4-1)32-22-25-41-44(28-32)48-45-29-33(31-14-5-2-6-15-31)23-26-42(45)47(41)40-27-24-35(34-16-7-8-17-36(34)40)38-19-11-20-39-37-18-9-10-21-43(37)49-46(38)39/h1-29H. The summed E-state index contributed by atoms with van der Waals surface area (Å²) in [6.45, 7) is 0. The van der Waals surface area contributed by atoms with Crippen LogP contribution in [0.15, 0.2) is 186 Å². The average molecular weight is 660 g/mol. The van der Waals surface area contributed by atoms with E-state index in [2.05, 4.69) is 181 Å². The first-order valence-electron chi connectivity index (χ1n) is 16.6. The molecule has 1 aliphatic heterocycles. The van der Waals surface area contributed by atoms with Gasteiger partial charge in [-0.3, -0.25) is 0 Å². The summed E-state index contributed by atoms with van der Waals surface area (Å²) in [7, 11) is 0. The van der Waals surface area contributed by atoms with Crippen molar-refractivity contribution in [1.29, 1.82) is 0 Å². The SMILES string of the molecule is c1ccc(-c2ccc3c(c2)Sc2cc(-c4ccccc4)ccc2N3c2ccc(-c3cccc4c3sc3ccccc34)c3ccccc23)cc1. The molecule has 0 bridgehead atoms. The number of benzene rings is 8. The summed E-state index contributed by atoms with van der Waals surface area (Å²) in [6, 6.07) is 64.4. The summed E-state index contributed by atoms with van der Waals surface area (Å²) in [5, 5.41) is 5.15. The Labute approximate surface area is 293 Å². The minimum absolute atomic E-state index is 1.19. The molecule has 0 saturated carbocycles. The normalized spacial score (nSPS) is 12.4.